The van der Waals surface area contributed by atoms with Crippen LogP contribution in [-0.2, 0) is 9.53 Å². The van der Waals surface area contributed by atoms with E-state index in [1.54, 1.807) is 25.3 Å². The highest BCUT2D eigenvalue weighted by atomic mass is 16.5. The Morgan fingerprint density at radius 3 is 2.67 bits per heavy atom. The summed E-state index contributed by atoms with van der Waals surface area (Å²) >= 11 is 0. The van der Waals surface area contributed by atoms with Crippen LogP contribution in [0.15, 0.2) is 35.1 Å². The molecule has 2 heterocycles. The second-order valence-electron chi connectivity index (χ2n) is 6.68. The summed E-state index contributed by atoms with van der Waals surface area (Å²) in [6.07, 6.45) is 1.36. The minimum atomic E-state index is -0.369. The number of hydrogen-bond acceptors (Lipinski definition) is 8. The van der Waals surface area contributed by atoms with Gasteiger partial charge in [-0.05, 0) is 12.1 Å². The molecule has 0 unspecified atom stereocenters. The molecule has 0 radical (unpaired) electrons. The summed E-state index contributed by atoms with van der Waals surface area (Å²) in [5.74, 6) is 0.576. The van der Waals surface area contributed by atoms with Crippen LogP contribution in [0.25, 0.3) is 0 Å². The zero-order valence-electron chi connectivity index (χ0n) is 17.1. The van der Waals surface area contributed by atoms with E-state index in [9.17, 15) is 9.59 Å². The zero-order chi connectivity index (χ0) is 21.3. The number of nitrogens with zero attached hydrogens (tertiary/aromatic N) is 3. The van der Waals surface area contributed by atoms with Crippen molar-refractivity contribution in [2.24, 2.45) is 0 Å². The second kappa shape index (κ2) is 10.6. The van der Waals surface area contributed by atoms with Crippen molar-refractivity contribution < 1.29 is 28.3 Å². The van der Waals surface area contributed by atoms with Gasteiger partial charge in [0.25, 0.3) is 5.91 Å². The summed E-state index contributed by atoms with van der Waals surface area (Å²) in [6.45, 7) is 3.77. The lowest BCUT2D eigenvalue weighted by molar-refractivity contribution is -0.117. The van der Waals surface area contributed by atoms with Gasteiger partial charge in [0.1, 0.15) is 24.3 Å². The van der Waals surface area contributed by atoms with Crippen molar-refractivity contribution in [1.29, 1.82) is 0 Å². The highest BCUT2D eigenvalue weighted by Crippen LogP contribution is 2.25. The van der Waals surface area contributed by atoms with Crippen LogP contribution in [0.5, 0.6) is 11.5 Å². The number of aromatic nitrogens is 1. The van der Waals surface area contributed by atoms with Gasteiger partial charge in [0.2, 0.25) is 5.91 Å². The number of carbonyl (C=O) groups is 2. The first-order valence-corrected chi connectivity index (χ1v) is 9.62. The first kappa shape index (κ1) is 21.6. The monoisotopic (exact) mass is 418 g/mol. The Morgan fingerprint density at radius 2 is 2.00 bits per heavy atom. The highest BCUT2D eigenvalue weighted by molar-refractivity contribution is 6.00. The van der Waals surface area contributed by atoms with E-state index in [1.165, 1.54) is 24.3 Å². The molecular weight excluding hydrogens is 392 g/mol. The van der Waals surface area contributed by atoms with E-state index in [0.717, 1.165) is 13.1 Å². The van der Waals surface area contributed by atoms with E-state index in [0.29, 0.717) is 49.2 Å². The third kappa shape index (κ3) is 5.71. The van der Waals surface area contributed by atoms with Crippen molar-refractivity contribution in [3.8, 4) is 11.5 Å². The maximum atomic E-state index is 13.3. The normalized spacial score (nSPS) is 14.2. The SMILES string of the molecule is COc1ccc(C(=O)N(CCN2CCOCC2)CC(=O)Nc2ccon2)c(OC)c1. The zero-order valence-corrected chi connectivity index (χ0v) is 17.1. The van der Waals surface area contributed by atoms with Gasteiger partial charge in [0, 0.05) is 38.3 Å². The molecule has 1 aromatic heterocycles. The molecule has 1 aliphatic rings. The van der Waals surface area contributed by atoms with Crippen molar-refractivity contribution in [1.82, 2.24) is 15.0 Å². The summed E-state index contributed by atoms with van der Waals surface area (Å²) < 4.78 is 20.7. The molecule has 1 aliphatic heterocycles. The average molecular weight is 418 g/mol. The Labute approximate surface area is 174 Å². The Balaban J connectivity index is 1.74. The fraction of sp³-hybridized carbons (Fsp3) is 0.450. The molecule has 1 saturated heterocycles. The fourth-order valence-electron chi connectivity index (χ4n) is 3.12. The van der Waals surface area contributed by atoms with Gasteiger partial charge in [-0.25, -0.2) is 0 Å². The van der Waals surface area contributed by atoms with Gasteiger partial charge in [0.15, 0.2) is 5.82 Å². The number of benzene rings is 1. The molecule has 0 spiro atoms. The Hall–Kier alpha value is -3.11. The maximum Gasteiger partial charge on any atom is 0.258 e. The molecule has 0 saturated carbocycles. The summed E-state index contributed by atoms with van der Waals surface area (Å²) in [5, 5.41) is 6.29. The number of nitrogens with one attached hydrogen (secondary N) is 1. The topological polar surface area (TPSA) is 106 Å². The van der Waals surface area contributed by atoms with Crippen molar-refractivity contribution >= 4 is 17.6 Å². The Morgan fingerprint density at radius 1 is 1.20 bits per heavy atom. The van der Waals surface area contributed by atoms with Gasteiger partial charge in [-0.1, -0.05) is 5.16 Å². The van der Waals surface area contributed by atoms with Crippen LogP contribution in [0, 0.1) is 0 Å². The van der Waals surface area contributed by atoms with E-state index in [2.05, 4.69) is 15.4 Å². The molecule has 10 heteroatoms. The molecule has 1 fully saturated rings. The lowest BCUT2D eigenvalue weighted by Gasteiger charge is -2.30. The van der Waals surface area contributed by atoms with E-state index in [-0.39, 0.29) is 18.4 Å². The predicted molar refractivity (Wildman–Crippen MR) is 108 cm³/mol. The predicted octanol–water partition coefficient (Wildman–Crippen LogP) is 1.10. The number of hydrogen-bond donors (Lipinski definition) is 1. The van der Waals surface area contributed by atoms with Gasteiger partial charge in [-0.15, -0.1) is 0 Å². The fourth-order valence-corrected chi connectivity index (χ4v) is 3.12. The largest absolute Gasteiger partial charge is 0.497 e. The molecule has 30 heavy (non-hydrogen) atoms. The number of carbonyl (C=O) groups excluding carboxylic acids is 2. The molecule has 2 amide bonds. The van der Waals surface area contributed by atoms with E-state index >= 15 is 0 Å². The standard InChI is InChI=1S/C20H26N4O6/c1-27-15-3-4-16(17(13-15)28-2)20(26)24(7-6-23-8-11-29-12-9-23)14-19(25)21-18-5-10-30-22-18/h3-5,10,13H,6-9,11-12,14H2,1-2H3,(H,21,22,25). The van der Waals surface area contributed by atoms with Crippen LogP contribution < -0.4 is 14.8 Å². The number of morpholine rings is 1. The van der Waals surface area contributed by atoms with Gasteiger partial charge >= 0.3 is 0 Å². The highest BCUT2D eigenvalue weighted by Gasteiger charge is 2.24. The number of methoxy groups -OCH3 is 2. The van der Waals surface area contributed by atoms with Gasteiger partial charge in [0.05, 0.1) is 33.0 Å². The molecule has 162 valence electrons. The van der Waals surface area contributed by atoms with Crippen LogP contribution in [0.2, 0.25) is 0 Å². The number of ether oxygens (including phenoxy) is 3. The van der Waals surface area contributed by atoms with Crippen LogP contribution >= 0.6 is 0 Å². The number of rotatable bonds is 9. The molecule has 1 aromatic carbocycles. The lowest BCUT2D eigenvalue weighted by atomic mass is 10.1. The van der Waals surface area contributed by atoms with Crippen molar-refractivity contribution in [2.45, 2.75) is 0 Å². The average Bonchev–Trinajstić information content (AvgIpc) is 3.29. The smallest absolute Gasteiger partial charge is 0.258 e. The lowest BCUT2D eigenvalue weighted by Crippen LogP contribution is -2.45. The molecule has 0 atom stereocenters. The van der Waals surface area contributed by atoms with Crippen LogP contribution in [-0.4, -0.2) is 86.9 Å². The molecule has 1 N–H and O–H groups in total. The Kier molecular flexibility index (Phi) is 7.63. The van der Waals surface area contributed by atoms with Crippen LogP contribution in [0.1, 0.15) is 10.4 Å². The van der Waals surface area contributed by atoms with Gasteiger partial charge in [-0.3, -0.25) is 14.5 Å². The van der Waals surface area contributed by atoms with Crippen molar-refractivity contribution in [2.75, 3.05) is 65.5 Å². The summed E-state index contributed by atoms with van der Waals surface area (Å²) in [4.78, 5) is 29.5. The third-order valence-electron chi connectivity index (χ3n) is 4.76. The summed E-state index contributed by atoms with van der Waals surface area (Å²) in [7, 11) is 3.03. The van der Waals surface area contributed by atoms with Crippen molar-refractivity contribution in [3.05, 3.63) is 36.1 Å². The van der Waals surface area contributed by atoms with Crippen LogP contribution in [0.4, 0.5) is 5.82 Å². The maximum absolute atomic E-state index is 13.3. The van der Waals surface area contributed by atoms with Gasteiger partial charge in [-0.2, -0.15) is 0 Å². The first-order valence-electron chi connectivity index (χ1n) is 9.62. The second-order valence-corrected chi connectivity index (χ2v) is 6.68. The molecule has 10 nitrogen and oxygen atoms in total. The summed E-state index contributed by atoms with van der Waals surface area (Å²) in [5.41, 5.74) is 0.356. The number of amides is 2. The minimum absolute atomic E-state index is 0.134. The van der Waals surface area contributed by atoms with Crippen molar-refractivity contribution in [3.63, 3.8) is 0 Å². The third-order valence-corrected chi connectivity index (χ3v) is 4.76. The molecule has 3 rings (SSSR count). The molecular formula is C20H26N4O6. The first-order chi connectivity index (χ1) is 14.6. The molecule has 2 aromatic rings. The molecule has 0 aliphatic carbocycles. The summed E-state index contributed by atoms with van der Waals surface area (Å²) in [6, 6.07) is 6.50. The van der Waals surface area contributed by atoms with E-state index in [1.807, 2.05) is 0 Å². The number of anilines is 1. The molecule has 0 bridgehead atoms. The Bertz CT molecular complexity index is 836. The van der Waals surface area contributed by atoms with Crippen LogP contribution in [0.3, 0.4) is 0 Å². The van der Waals surface area contributed by atoms with E-state index in [4.69, 9.17) is 18.7 Å². The van der Waals surface area contributed by atoms with E-state index < -0.39 is 0 Å². The minimum Gasteiger partial charge on any atom is -0.497 e. The van der Waals surface area contributed by atoms with Gasteiger partial charge < -0.3 is 29.0 Å². The quantitative estimate of drug-likeness (QED) is 0.645.